The summed E-state index contributed by atoms with van der Waals surface area (Å²) >= 11 is 2.14. The van der Waals surface area contributed by atoms with Gasteiger partial charge in [-0.15, -0.1) is 28.1 Å². The second kappa shape index (κ2) is 11.3. The van der Waals surface area contributed by atoms with E-state index in [4.69, 9.17) is 10.5 Å². The van der Waals surface area contributed by atoms with Crippen LogP contribution in [-0.4, -0.2) is 45.4 Å². The van der Waals surface area contributed by atoms with Crippen molar-refractivity contribution >= 4 is 45.9 Å². The first-order valence-corrected chi connectivity index (χ1v) is 12.6. The second-order valence-corrected chi connectivity index (χ2v) is 9.90. The highest BCUT2D eigenvalue weighted by molar-refractivity contribution is 7.99. The number of nitrogens with zero attached hydrogens (tertiary/aromatic N) is 3. The van der Waals surface area contributed by atoms with Crippen LogP contribution < -0.4 is 11.1 Å². The standard InChI is InChI=1S/C24H27N5O4S2/c1-6-11-29-21(16-9-7-15(8-10-16)13(2)3)27-28-24(29)34-12-17(30)26-22-18(23(32)33-5)14(4)19(35-22)20(25)31/h6-10,13H,1,11-12H2,2-5H3,(H2,25,31)(H,26,30). The van der Waals surface area contributed by atoms with Gasteiger partial charge >= 0.3 is 5.97 Å². The van der Waals surface area contributed by atoms with E-state index in [0.717, 1.165) is 16.9 Å². The lowest BCUT2D eigenvalue weighted by molar-refractivity contribution is -0.113. The van der Waals surface area contributed by atoms with Crippen molar-refractivity contribution in [2.24, 2.45) is 5.73 Å². The van der Waals surface area contributed by atoms with Gasteiger partial charge in [0.15, 0.2) is 11.0 Å². The number of aromatic nitrogens is 3. The Morgan fingerprint density at radius 1 is 1.26 bits per heavy atom. The van der Waals surface area contributed by atoms with Crippen LogP contribution in [0, 0.1) is 6.92 Å². The molecule has 9 nitrogen and oxygen atoms in total. The largest absolute Gasteiger partial charge is 0.465 e. The van der Waals surface area contributed by atoms with E-state index in [0.29, 0.717) is 29.0 Å². The Labute approximate surface area is 211 Å². The van der Waals surface area contributed by atoms with Crippen LogP contribution >= 0.6 is 23.1 Å². The van der Waals surface area contributed by atoms with Gasteiger partial charge in [0.05, 0.1) is 23.3 Å². The predicted octanol–water partition coefficient (Wildman–Crippen LogP) is 4.24. The molecule has 0 fully saturated rings. The molecule has 0 saturated carbocycles. The number of esters is 1. The van der Waals surface area contributed by atoms with Gasteiger partial charge in [0.1, 0.15) is 5.00 Å². The molecule has 1 aromatic carbocycles. The number of nitrogens with two attached hydrogens (primary N) is 1. The van der Waals surface area contributed by atoms with Crippen molar-refractivity contribution in [3.05, 3.63) is 58.5 Å². The topological polar surface area (TPSA) is 129 Å². The number of amides is 2. The van der Waals surface area contributed by atoms with E-state index >= 15 is 0 Å². The fourth-order valence-corrected chi connectivity index (χ4v) is 5.21. The van der Waals surface area contributed by atoms with Crippen molar-refractivity contribution in [2.75, 3.05) is 18.2 Å². The third-order valence-corrected chi connectivity index (χ3v) is 7.40. The predicted molar refractivity (Wildman–Crippen MR) is 138 cm³/mol. The molecule has 0 aliphatic carbocycles. The molecule has 0 saturated heterocycles. The quantitative estimate of drug-likeness (QED) is 0.236. The molecule has 2 aromatic heterocycles. The minimum Gasteiger partial charge on any atom is -0.465 e. The van der Waals surface area contributed by atoms with Gasteiger partial charge < -0.3 is 15.8 Å². The lowest BCUT2D eigenvalue weighted by Gasteiger charge is -2.10. The van der Waals surface area contributed by atoms with Gasteiger partial charge in [-0.25, -0.2) is 4.79 Å². The Balaban J connectivity index is 1.78. The van der Waals surface area contributed by atoms with E-state index in [1.807, 2.05) is 16.7 Å². The van der Waals surface area contributed by atoms with E-state index in [1.54, 1.807) is 13.0 Å². The number of ether oxygens (including phenoxy) is 1. The number of methoxy groups -OCH3 is 1. The van der Waals surface area contributed by atoms with Crippen LogP contribution in [0.5, 0.6) is 0 Å². The van der Waals surface area contributed by atoms with Crippen LogP contribution in [0.2, 0.25) is 0 Å². The number of thioether (sulfide) groups is 1. The normalized spacial score (nSPS) is 10.9. The zero-order valence-electron chi connectivity index (χ0n) is 20.0. The molecule has 0 aliphatic rings. The summed E-state index contributed by atoms with van der Waals surface area (Å²) in [4.78, 5) is 36.8. The van der Waals surface area contributed by atoms with E-state index in [-0.39, 0.29) is 27.1 Å². The number of anilines is 1. The Bertz CT molecular complexity index is 1260. The highest BCUT2D eigenvalue weighted by atomic mass is 32.2. The molecule has 184 valence electrons. The Morgan fingerprint density at radius 3 is 2.51 bits per heavy atom. The van der Waals surface area contributed by atoms with Crippen LogP contribution in [0.4, 0.5) is 5.00 Å². The minimum absolute atomic E-state index is 0.00499. The fourth-order valence-electron chi connectivity index (χ4n) is 3.40. The van der Waals surface area contributed by atoms with E-state index in [1.165, 1.54) is 24.4 Å². The summed E-state index contributed by atoms with van der Waals surface area (Å²) < 4.78 is 6.68. The molecule has 2 amide bonds. The number of carbonyl (C=O) groups excluding carboxylic acids is 3. The molecule has 3 rings (SSSR count). The average Bonchev–Trinajstić information content (AvgIpc) is 3.38. The van der Waals surface area contributed by atoms with Crippen LogP contribution in [0.3, 0.4) is 0 Å². The summed E-state index contributed by atoms with van der Waals surface area (Å²) in [5.41, 5.74) is 8.03. The summed E-state index contributed by atoms with van der Waals surface area (Å²) in [6, 6.07) is 8.14. The van der Waals surface area contributed by atoms with Gasteiger partial charge in [-0.1, -0.05) is 56.0 Å². The summed E-state index contributed by atoms with van der Waals surface area (Å²) in [6.45, 7) is 10.1. The first-order valence-electron chi connectivity index (χ1n) is 10.8. The number of rotatable bonds is 10. The number of nitrogens with one attached hydrogen (secondary N) is 1. The van der Waals surface area contributed by atoms with Crippen LogP contribution in [0.25, 0.3) is 11.4 Å². The Kier molecular flexibility index (Phi) is 8.47. The number of hydrogen-bond donors (Lipinski definition) is 2. The van der Waals surface area contributed by atoms with Crippen molar-refractivity contribution in [3.8, 4) is 11.4 Å². The first-order chi connectivity index (χ1) is 16.7. The number of primary amides is 1. The smallest absolute Gasteiger partial charge is 0.341 e. The SMILES string of the molecule is C=CCn1c(SCC(=O)Nc2sc(C(N)=O)c(C)c2C(=O)OC)nnc1-c1ccc(C(C)C)cc1. The monoisotopic (exact) mass is 513 g/mol. The van der Waals surface area contributed by atoms with Crippen molar-refractivity contribution in [2.45, 2.75) is 38.4 Å². The molecule has 0 bridgehead atoms. The molecule has 35 heavy (non-hydrogen) atoms. The molecule has 3 aromatic rings. The van der Waals surface area contributed by atoms with Crippen molar-refractivity contribution < 1.29 is 19.1 Å². The summed E-state index contributed by atoms with van der Waals surface area (Å²) in [5, 5.41) is 12.0. The highest BCUT2D eigenvalue weighted by Crippen LogP contribution is 2.34. The summed E-state index contributed by atoms with van der Waals surface area (Å²) in [7, 11) is 1.23. The van der Waals surface area contributed by atoms with Crippen molar-refractivity contribution in [1.82, 2.24) is 14.8 Å². The number of hydrogen-bond acceptors (Lipinski definition) is 8. The number of allylic oxidation sites excluding steroid dienone is 1. The molecular weight excluding hydrogens is 486 g/mol. The van der Waals surface area contributed by atoms with Gasteiger partial charge in [-0.05, 0) is 24.0 Å². The number of benzene rings is 1. The third-order valence-electron chi connectivity index (χ3n) is 5.21. The Morgan fingerprint density at radius 2 is 1.94 bits per heavy atom. The van der Waals surface area contributed by atoms with Crippen molar-refractivity contribution in [1.29, 1.82) is 0 Å². The van der Waals surface area contributed by atoms with E-state index in [2.05, 4.69) is 48.1 Å². The molecule has 11 heteroatoms. The highest BCUT2D eigenvalue weighted by Gasteiger charge is 2.25. The van der Waals surface area contributed by atoms with Crippen LogP contribution in [0.1, 0.15) is 50.9 Å². The maximum absolute atomic E-state index is 12.7. The summed E-state index contributed by atoms with van der Waals surface area (Å²) in [5.74, 6) is -0.618. The summed E-state index contributed by atoms with van der Waals surface area (Å²) in [6.07, 6.45) is 1.74. The Hall–Kier alpha value is -3.44. The average molecular weight is 514 g/mol. The fraction of sp³-hybridized carbons (Fsp3) is 0.292. The van der Waals surface area contributed by atoms with Gasteiger partial charge in [0.25, 0.3) is 5.91 Å². The van der Waals surface area contributed by atoms with Gasteiger partial charge in [-0.2, -0.15) is 0 Å². The van der Waals surface area contributed by atoms with E-state index in [9.17, 15) is 14.4 Å². The zero-order valence-corrected chi connectivity index (χ0v) is 21.6. The lowest BCUT2D eigenvalue weighted by Crippen LogP contribution is -2.16. The molecule has 0 radical (unpaired) electrons. The minimum atomic E-state index is -0.681. The molecule has 0 unspecified atom stereocenters. The molecule has 0 spiro atoms. The zero-order chi connectivity index (χ0) is 25.7. The lowest BCUT2D eigenvalue weighted by atomic mass is 10.0. The molecule has 3 N–H and O–H groups in total. The third kappa shape index (κ3) is 5.80. The molecular formula is C24H27N5O4S2. The number of carbonyl (C=O) groups is 3. The molecule has 0 aliphatic heterocycles. The maximum Gasteiger partial charge on any atom is 0.341 e. The maximum atomic E-state index is 12.7. The van der Waals surface area contributed by atoms with Crippen molar-refractivity contribution in [3.63, 3.8) is 0 Å². The van der Waals surface area contributed by atoms with Crippen LogP contribution in [0.15, 0.2) is 42.1 Å². The number of thiophene rings is 1. The van der Waals surface area contributed by atoms with Crippen LogP contribution in [-0.2, 0) is 16.1 Å². The first kappa shape index (κ1) is 26.2. The molecule has 2 heterocycles. The second-order valence-electron chi connectivity index (χ2n) is 7.94. The van der Waals surface area contributed by atoms with Gasteiger partial charge in [0, 0.05) is 12.1 Å². The van der Waals surface area contributed by atoms with Gasteiger partial charge in [0.2, 0.25) is 5.91 Å². The molecule has 0 atom stereocenters. The van der Waals surface area contributed by atoms with Gasteiger partial charge in [-0.3, -0.25) is 14.2 Å². The van der Waals surface area contributed by atoms with E-state index < -0.39 is 11.9 Å².